The van der Waals surface area contributed by atoms with Gasteiger partial charge in [0.15, 0.2) is 5.69 Å². The lowest BCUT2D eigenvalue weighted by molar-refractivity contribution is -0.385. The van der Waals surface area contributed by atoms with Gasteiger partial charge >= 0.3 is 0 Å². The van der Waals surface area contributed by atoms with Crippen molar-refractivity contribution in [1.29, 1.82) is 0 Å². The van der Waals surface area contributed by atoms with Crippen LogP contribution in [-0.4, -0.2) is 58.8 Å². The Hall–Kier alpha value is -4.13. The Bertz CT molecular complexity index is 1580. The minimum absolute atomic E-state index is 0.0537. The van der Waals surface area contributed by atoms with Crippen molar-refractivity contribution in [3.63, 3.8) is 0 Å². The fraction of sp³-hybridized carbons (Fsp3) is 0.200. The van der Waals surface area contributed by atoms with E-state index in [2.05, 4.69) is 20.1 Å². The van der Waals surface area contributed by atoms with Crippen molar-refractivity contribution in [2.24, 2.45) is 10.2 Å². The van der Waals surface area contributed by atoms with Gasteiger partial charge in [-0.2, -0.15) is 4.31 Å². The molecule has 190 valence electrons. The molecule has 1 aromatic heterocycles. The van der Waals surface area contributed by atoms with Crippen molar-refractivity contribution in [2.45, 2.75) is 11.4 Å². The number of azo groups is 1. The Morgan fingerprint density at radius 3 is 2.38 bits per heavy atom. The Morgan fingerprint density at radius 2 is 1.65 bits per heavy atom. The molecule has 11 nitrogen and oxygen atoms in total. The highest BCUT2D eigenvalue weighted by atomic mass is 32.2. The van der Waals surface area contributed by atoms with Gasteiger partial charge in [0, 0.05) is 50.2 Å². The quantitative estimate of drug-likeness (QED) is 0.205. The summed E-state index contributed by atoms with van der Waals surface area (Å²) in [5.41, 5.74) is 1.50. The van der Waals surface area contributed by atoms with Crippen LogP contribution in [0.4, 0.5) is 17.1 Å². The van der Waals surface area contributed by atoms with Crippen molar-refractivity contribution >= 4 is 38.0 Å². The Morgan fingerprint density at radius 1 is 0.946 bits per heavy atom. The van der Waals surface area contributed by atoms with Gasteiger partial charge in [0.1, 0.15) is 10.6 Å². The molecule has 37 heavy (non-hydrogen) atoms. The SMILES string of the molecule is O=[N+]([O-])c1ccc(N=Nc2c(O)[nH]c3ccccc23)c(S(=O)(=O)N2CCN(Cc3ccccc3)CC2)c1. The third kappa shape index (κ3) is 5.07. The van der Waals surface area contributed by atoms with Gasteiger partial charge in [0.2, 0.25) is 15.9 Å². The highest BCUT2D eigenvalue weighted by molar-refractivity contribution is 7.89. The first-order valence-electron chi connectivity index (χ1n) is 11.6. The highest BCUT2D eigenvalue weighted by Crippen LogP contribution is 2.38. The van der Waals surface area contributed by atoms with Crippen molar-refractivity contribution in [1.82, 2.24) is 14.2 Å². The second-order valence-electron chi connectivity index (χ2n) is 8.64. The third-order valence-corrected chi connectivity index (χ3v) is 8.20. The van der Waals surface area contributed by atoms with Crippen LogP contribution in [0.5, 0.6) is 5.88 Å². The number of aromatic hydroxyl groups is 1. The van der Waals surface area contributed by atoms with E-state index in [9.17, 15) is 23.6 Å². The molecule has 0 spiro atoms. The molecule has 0 bridgehead atoms. The molecule has 2 N–H and O–H groups in total. The molecular formula is C25H24N6O5S. The summed E-state index contributed by atoms with van der Waals surface area (Å²) in [4.78, 5) is 15.4. The number of H-pyrrole nitrogens is 1. The summed E-state index contributed by atoms with van der Waals surface area (Å²) in [7, 11) is -4.11. The minimum atomic E-state index is -4.11. The zero-order valence-corrected chi connectivity index (χ0v) is 20.5. The number of nitro groups is 1. The molecule has 1 aliphatic rings. The maximum atomic E-state index is 13.6. The van der Waals surface area contributed by atoms with Crippen LogP contribution in [0.2, 0.25) is 0 Å². The summed E-state index contributed by atoms with van der Waals surface area (Å²) in [5.74, 6) is -0.217. The van der Waals surface area contributed by atoms with Crippen LogP contribution in [0.1, 0.15) is 5.56 Å². The number of hydrogen-bond donors (Lipinski definition) is 2. The molecule has 1 saturated heterocycles. The van der Waals surface area contributed by atoms with E-state index in [4.69, 9.17) is 0 Å². The van der Waals surface area contributed by atoms with E-state index in [0.717, 1.165) is 11.6 Å². The number of rotatable bonds is 7. The number of para-hydroxylation sites is 1. The molecule has 0 unspecified atom stereocenters. The number of hydrogen-bond acceptors (Lipinski definition) is 8. The van der Waals surface area contributed by atoms with Crippen LogP contribution < -0.4 is 0 Å². The van der Waals surface area contributed by atoms with Gasteiger partial charge in [0.25, 0.3) is 5.69 Å². The molecule has 0 saturated carbocycles. The standard InChI is InChI=1S/C25H24N6O5S/c32-25-24(20-8-4-5-9-21(20)26-25)28-27-22-11-10-19(31(33)34)16-23(22)37(35,36)30-14-12-29(13-15-30)17-18-6-2-1-3-7-18/h1-11,16,26,32H,12-15,17H2. The van der Waals surface area contributed by atoms with E-state index in [-0.39, 0.29) is 40.9 Å². The first-order valence-corrected chi connectivity index (χ1v) is 13.0. The normalized spacial score (nSPS) is 15.5. The fourth-order valence-corrected chi connectivity index (χ4v) is 5.90. The highest BCUT2D eigenvalue weighted by Gasteiger charge is 2.32. The average molecular weight is 521 g/mol. The first kappa shape index (κ1) is 24.6. The summed E-state index contributed by atoms with van der Waals surface area (Å²) < 4.78 is 28.5. The topological polar surface area (TPSA) is 144 Å². The van der Waals surface area contributed by atoms with E-state index < -0.39 is 14.9 Å². The van der Waals surface area contributed by atoms with Crippen LogP contribution in [0, 0.1) is 10.1 Å². The van der Waals surface area contributed by atoms with Crippen LogP contribution in [0.25, 0.3) is 10.9 Å². The molecule has 3 aromatic carbocycles. The predicted octanol–water partition coefficient (Wildman–Crippen LogP) is 4.70. The lowest BCUT2D eigenvalue weighted by Gasteiger charge is -2.34. The minimum Gasteiger partial charge on any atom is -0.493 e. The summed E-state index contributed by atoms with van der Waals surface area (Å²) in [6.07, 6.45) is 0. The Labute approximate surface area is 212 Å². The molecular weight excluding hydrogens is 496 g/mol. The molecule has 2 heterocycles. The van der Waals surface area contributed by atoms with Gasteiger partial charge in [-0.1, -0.05) is 48.5 Å². The van der Waals surface area contributed by atoms with E-state index in [1.807, 2.05) is 30.3 Å². The van der Waals surface area contributed by atoms with Crippen LogP contribution in [-0.2, 0) is 16.6 Å². The van der Waals surface area contributed by atoms with Crippen molar-refractivity contribution in [3.05, 3.63) is 88.5 Å². The molecule has 0 aliphatic carbocycles. The summed E-state index contributed by atoms with van der Waals surface area (Å²) >= 11 is 0. The second-order valence-corrected chi connectivity index (χ2v) is 10.5. The van der Waals surface area contributed by atoms with E-state index >= 15 is 0 Å². The van der Waals surface area contributed by atoms with Crippen LogP contribution >= 0.6 is 0 Å². The lowest BCUT2D eigenvalue weighted by Crippen LogP contribution is -2.48. The number of piperazine rings is 1. The number of aromatic nitrogens is 1. The third-order valence-electron chi connectivity index (χ3n) is 6.27. The lowest BCUT2D eigenvalue weighted by atomic mass is 10.2. The first-order chi connectivity index (χ1) is 17.8. The number of non-ortho nitro benzene ring substituents is 1. The molecule has 12 heteroatoms. The number of benzene rings is 3. The summed E-state index contributed by atoms with van der Waals surface area (Å²) in [6, 6.07) is 20.4. The molecule has 5 rings (SSSR count). The second kappa shape index (κ2) is 10.1. The number of fused-ring (bicyclic) bond motifs is 1. The van der Waals surface area contributed by atoms with E-state index in [1.165, 1.54) is 16.4 Å². The van der Waals surface area contributed by atoms with Crippen LogP contribution in [0.15, 0.2) is 87.9 Å². The molecule has 0 radical (unpaired) electrons. The average Bonchev–Trinajstić information content (AvgIpc) is 3.23. The van der Waals surface area contributed by atoms with Gasteiger partial charge < -0.3 is 10.1 Å². The van der Waals surface area contributed by atoms with E-state index in [0.29, 0.717) is 30.5 Å². The molecule has 0 amide bonds. The monoisotopic (exact) mass is 520 g/mol. The maximum Gasteiger partial charge on any atom is 0.270 e. The largest absolute Gasteiger partial charge is 0.493 e. The smallest absolute Gasteiger partial charge is 0.270 e. The van der Waals surface area contributed by atoms with E-state index in [1.54, 1.807) is 24.3 Å². The number of nitrogens with one attached hydrogen (secondary N) is 1. The predicted molar refractivity (Wildman–Crippen MR) is 138 cm³/mol. The molecule has 1 aliphatic heterocycles. The number of nitro benzene ring substituents is 1. The van der Waals surface area contributed by atoms with Crippen molar-refractivity contribution < 1.29 is 18.4 Å². The Balaban J connectivity index is 1.43. The van der Waals surface area contributed by atoms with Gasteiger partial charge in [-0.25, -0.2) is 8.42 Å². The van der Waals surface area contributed by atoms with Crippen molar-refractivity contribution in [3.8, 4) is 5.88 Å². The van der Waals surface area contributed by atoms with Gasteiger partial charge in [-0.05, 0) is 17.7 Å². The number of aromatic amines is 1. The maximum absolute atomic E-state index is 13.6. The molecule has 1 fully saturated rings. The summed E-state index contributed by atoms with van der Waals surface area (Å²) in [5, 5.41) is 30.5. The number of sulfonamides is 1. The molecule has 4 aromatic rings. The van der Waals surface area contributed by atoms with Crippen molar-refractivity contribution in [2.75, 3.05) is 26.2 Å². The zero-order chi connectivity index (χ0) is 26.0. The van der Waals surface area contributed by atoms with Gasteiger partial charge in [0.05, 0.1) is 10.4 Å². The van der Waals surface area contributed by atoms with Gasteiger partial charge in [-0.15, -0.1) is 10.2 Å². The van der Waals surface area contributed by atoms with Crippen LogP contribution in [0.3, 0.4) is 0 Å². The number of nitrogens with zero attached hydrogens (tertiary/aromatic N) is 5. The molecule has 0 atom stereocenters. The van der Waals surface area contributed by atoms with Gasteiger partial charge in [-0.3, -0.25) is 15.0 Å². The zero-order valence-electron chi connectivity index (χ0n) is 19.7. The Kier molecular flexibility index (Phi) is 6.70. The summed E-state index contributed by atoms with van der Waals surface area (Å²) in [6.45, 7) is 2.21. The fourth-order valence-electron chi connectivity index (χ4n) is 4.33.